The van der Waals surface area contributed by atoms with Gasteiger partial charge in [-0.1, -0.05) is 0 Å². The largest absolute Gasteiger partial charge is 0.387 e. The number of halogens is 2. The van der Waals surface area contributed by atoms with Crippen molar-refractivity contribution in [2.75, 3.05) is 32.7 Å². The number of carbonyl (C=O) groups excluding carboxylic acids is 1. The zero-order valence-electron chi connectivity index (χ0n) is 13.3. The molecule has 1 unspecified atom stereocenters. The fourth-order valence-electron chi connectivity index (χ4n) is 3.46. The van der Waals surface area contributed by atoms with Gasteiger partial charge in [0, 0.05) is 52.3 Å². The summed E-state index contributed by atoms with van der Waals surface area (Å²) in [6.45, 7) is 1.68. The molecule has 3 heterocycles. The topological polar surface area (TPSA) is 48.7 Å². The van der Waals surface area contributed by atoms with Crippen LogP contribution in [0.2, 0.25) is 0 Å². The van der Waals surface area contributed by atoms with Crippen molar-refractivity contribution >= 4 is 5.91 Å². The van der Waals surface area contributed by atoms with Crippen molar-refractivity contribution < 1.29 is 18.7 Å². The fourth-order valence-corrected chi connectivity index (χ4v) is 3.46. The van der Waals surface area contributed by atoms with Crippen molar-refractivity contribution in [1.82, 2.24) is 14.4 Å². The molecule has 2 aliphatic heterocycles. The first kappa shape index (κ1) is 16.4. The number of aryl methyl sites for hydroxylation is 1. The molecular formula is C16H23F2N3O2. The first-order valence-electron chi connectivity index (χ1n) is 8.01. The van der Waals surface area contributed by atoms with Crippen molar-refractivity contribution in [1.29, 1.82) is 0 Å². The molecule has 0 spiro atoms. The summed E-state index contributed by atoms with van der Waals surface area (Å²) in [5.74, 6) is -2.68. The molecule has 2 fully saturated rings. The van der Waals surface area contributed by atoms with E-state index in [-0.39, 0.29) is 25.3 Å². The van der Waals surface area contributed by atoms with E-state index in [1.165, 1.54) is 0 Å². The van der Waals surface area contributed by atoms with Crippen molar-refractivity contribution in [3.63, 3.8) is 0 Å². The quantitative estimate of drug-likeness (QED) is 0.911. The van der Waals surface area contributed by atoms with Crippen LogP contribution >= 0.6 is 0 Å². The molecule has 3 rings (SSSR count). The molecule has 2 saturated heterocycles. The third-order valence-electron chi connectivity index (χ3n) is 4.89. The number of hydrogen-bond acceptors (Lipinski definition) is 3. The predicted octanol–water partition coefficient (Wildman–Crippen LogP) is 1.33. The third kappa shape index (κ3) is 3.55. The first-order chi connectivity index (χ1) is 10.8. The Morgan fingerprint density at radius 2 is 1.96 bits per heavy atom. The van der Waals surface area contributed by atoms with Gasteiger partial charge in [-0.15, -0.1) is 0 Å². The van der Waals surface area contributed by atoms with Crippen LogP contribution in [-0.4, -0.2) is 69.6 Å². The maximum Gasteiger partial charge on any atom is 0.270 e. The molecule has 0 aromatic carbocycles. The number of piperidine rings is 1. The van der Waals surface area contributed by atoms with Gasteiger partial charge in [-0.2, -0.15) is 0 Å². The predicted molar refractivity (Wildman–Crippen MR) is 81.5 cm³/mol. The molecule has 5 nitrogen and oxygen atoms in total. The van der Waals surface area contributed by atoms with E-state index in [9.17, 15) is 18.7 Å². The van der Waals surface area contributed by atoms with Gasteiger partial charge in [0.05, 0.1) is 12.1 Å². The zero-order chi connectivity index (χ0) is 16.7. The number of β-amino-alcohol motifs (C(OH)–C–C–N with tert-alkyl or cyclic N) is 1. The van der Waals surface area contributed by atoms with Gasteiger partial charge >= 0.3 is 0 Å². The minimum Gasteiger partial charge on any atom is -0.387 e. The first-order valence-corrected chi connectivity index (χ1v) is 8.01. The Labute approximate surface area is 134 Å². The smallest absolute Gasteiger partial charge is 0.270 e. The summed E-state index contributed by atoms with van der Waals surface area (Å²) in [7, 11) is 1.81. The molecule has 1 amide bonds. The van der Waals surface area contributed by atoms with Gasteiger partial charge < -0.3 is 14.6 Å². The SMILES string of the molecule is Cn1cccc1C(=O)N1CCC(O)(CN2CCC(F)(F)CC2)C1. The Morgan fingerprint density at radius 3 is 2.57 bits per heavy atom. The van der Waals surface area contributed by atoms with Crippen molar-refractivity contribution in [3.8, 4) is 0 Å². The van der Waals surface area contributed by atoms with E-state index in [1.807, 2.05) is 24.2 Å². The number of aliphatic hydroxyl groups is 1. The molecule has 1 aromatic rings. The van der Waals surface area contributed by atoms with Gasteiger partial charge in [0.2, 0.25) is 0 Å². The lowest BCUT2D eigenvalue weighted by Gasteiger charge is -2.36. The number of rotatable bonds is 3. The van der Waals surface area contributed by atoms with Crippen LogP contribution in [0.15, 0.2) is 18.3 Å². The second-order valence-corrected chi connectivity index (χ2v) is 6.84. The van der Waals surface area contributed by atoms with E-state index in [1.54, 1.807) is 15.5 Å². The van der Waals surface area contributed by atoms with Crippen molar-refractivity contribution in [2.45, 2.75) is 30.8 Å². The minimum absolute atomic E-state index is 0.0985. The Kier molecular flexibility index (Phi) is 4.18. The Morgan fingerprint density at radius 1 is 1.26 bits per heavy atom. The zero-order valence-corrected chi connectivity index (χ0v) is 13.3. The monoisotopic (exact) mass is 327 g/mol. The summed E-state index contributed by atoms with van der Waals surface area (Å²) in [6.07, 6.45) is 1.98. The molecule has 1 N–H and O–H groups in total. The summed E-state index contributed by atoms with van der Waals surface area (Å²) in [5.41, 5.74) is -0.417. The van der Waals surface area contributed by atoms with E-state index in [0.29, 0.717) is 38.3 Å². The summed E-state index contributed by atoms with van der Waals surface area (Å²) >= 11 is 0. The Hall–Kier alpha value is -1.47. The van der Waals surface area contributed by atoms with Crippen LogP contribution in [0.5, 0.6) is 0 Å². The molecule has 1 atom stereocenters. The van der Waals surface area contributed by atoms with Gasteiger partial charge in [0.15, 0.2) is 0 Å². The lowest BCUT2D eigenvalue weighted by atomic mass is 10.00. The molecule has 1 aromatic heterocycles. The lowest BCUT2D eigenvalue weighted by molar-refractivity contribution is -0.0720. The normalized spacial score (nSPS) is 28.3. The average Bonchev–Trinajstić information content (AvgIpc) is 3.07. The number of likely N-dealkylation sites (tertiary alicyclic amines) is 2. The van der Waals surface area contributed by atoms with Crippen molar-refractivity contribution in [3.05, 3.63) is 24.0 Å². The second kappa shape index (κ2) is 5.87. The number of amides is 1. The van der Waals surface area contributed by atoms with Gasteiger partial charge in [0.25, 0.3) is 11.8 Å². The fraction of sp³-hybridized carbons (Fsp3) is 0.688. The number of hydrogen-bond donors (Lipinski definition) is 1. The van der Waals surface area contributed by atoms with Gasteiger partial charge in [-0.25, -0.2) is 8.78 Å². The number of nitrogens with zero attached hydrogens (tertiary/aromatic N) is 3. The molecule has 0 bridgehead atoms. The molecular weight excluding hydrogens is 304 g/mol. The molecule has 2 aliphatic rings. The Bertz CT molecular complexity index is 580. The summed E-state index contributed by atoms with van der Waals surface area (Å²) in [4.78, 5) is 16.0. The van der Waals surface area contributed by atoms with Crippen molar-refractivity contribution in [2.24, 2.45) is 7.05 Å². The van der Waals surface area contributed by atoms with Gasteiger partial charge in [-0.3, -0.25) is 9.69 Å². The highest BCUT2D eigenvalue weighted by Gasteiger charge is 2.42. The molecule has 0 saturated carbocycles. The van der Waals surface area contributed by atoms with Crippen LogP contribution < -0.4 is 0 Å². The van der Waals surface area contributed by atoms with E-state index in [2.05, 4.69) is 0 Å². The number of aromatic nitrogens is 1. The standard InChI is InChI=1S/C16H23F2N3O2/c1-19-7-2-3-13(19)14(22)21-10-4-15(23,12-21)11-20-8-5-16(17,18)6-9-20/h2-3,7,23H,4-6,8-12H2,1H3. The maximum atomic E-state index is 13.2. The molecule has 0 aliphatic carbocycles. The lowest BCUT2D eigenvalue weighted by Crippen LogP contribution is -2.49. The van der Waals surface area contributed by atoms with Gasteiger partial charge in [0.1, 0.15) is 5.69 Å². The van der Waals surface area contributed by atoms with E-state index in [4.69, 9.17) is 0 Å². The molecule has 128 valence electrons. The van der Waals surface area contributed by atoms with Crippen LogP contribution in [0.3, 0.4) is 0 Å². The maximum absolute atomic E-state index is 13.2. The Balaban J connectivity index is 1.58. The molecule has 7 heteroatoms. The number of carbonyl (C=O) groups is 1. The van der Waals surface area contributed by atoms with Gasteiger partial charge in [-0.05, 0) is 18.6 Å². The highest BCUT2D eigenvalue weighted by Crippen LogP contribution is 2.30. The third-order valence-corrected chi connectivity index (χ3v) is 4.89. The van der Waals surface area contributed by atoms with Crippen LogP contribution in [0.4, 0.5) is 8.78 Å². The van der Waals surface area contributed by atoms with Crippen LogP contribution in [0, 0.1) is 0 Å². The highest BCUT2D eigenvalue weighted by molar-refractivity contribution is 5.93. The van der Waals surface area contributed by atoms with E-state index < -0.39 is 11.5 Å². The van der Waals surface area contributed by atoms with Crippen LogP contribution in [-0.2, 0) is 7.05 Å². The second-order valence-electron chi connectivity index (χ2n) is 6.84. The summed E-state index contributed by atoms with van der Waals surface area (Å²) in [6, 6.07) is 3.57. The van der Waals surface area contributed by atoms with Crippen LogP contribution in [0.25, 0.3) is 0 Å². The number of alkyl halides is 2. The average molecular weight is 327 g/mol. The molecule has 23 heavy (non-hydrogen) atoms. The summed E-state index contributed by atoms with van der Waals surface area (Å²) in [5, 5.41) is 10.7. The summed E-state index contributed by atoms with van der Waals surface area (Å²) < 4.78 is 28.2. The van der Waals surface area contributed by atoms with Crippen LogP contribution in [0.1, 0.15) is 29.8 Å². The van der Waals surface area contributed by atoms with E-state index in [0.717, 1.165) is 0 Å². The highest BCUT2D eigenvalue weighted by atomic mass is 19.3. The molecule has 0 radical (unpaired) electrons. The minimum atomic E-state index is -2.58. The van der Waals surface area contributed by atoms with E-state index >= 15 is 0 Å².